The number of benzene rings is 1. The fourth-order valence-corrected chi connectivity index (χ4v) is 5.02. The number of aromatic nitrogens is 1. The Balaban J connectivity index is 1.49. The molecular formula is C23H23N3O3S. The number of hydrogen-bond donors (Lipinski definition) is 1. The Labute approximate surface area is 179 Å². The minimum Gasteiger partial charge on any atom is -0.493 e. The molecule has 3 heterocycles. The van der Waals surface area contributed by atoms with Crippen molar-refractivity contribution in [3.8, 4) is 17.4 Å². The number of rotatable bonds is 4. The second kappa shape index (κ2) is 7.99. The predicted octanol–water partition coefficient (Wildman–Crippen LogP) is 5.27. The zero-order valence-corrected chi connectivity index (χ0v) is 17.6. The van der Waals surface area contributed by atoms with Gasteiger partial charge in [-0.1, -0.05) is 25.0 Å². The first-order valence-corrected chi connectivity index (χ1v) is 11.0. The number of para-hydroxylation sites is 1. The molecule has 0 atom stereocenters. The molecule has 0 spiro atoms. The average molecular weight is 422 g/mol. The summed E-state index contributed by atoms with van der Waals surface area (Å²) in [5, 5.41) is 4.15. The van der Waals surface area contributed by atoms with Crippen LogP contribution in [0.25, 0.3) is 0 Å². The van der Waals surface area contributed by atoms with E-state index < -0.39 is 0 Å². The molecule has 6 nitrogen and oxygen atoms in total. The van der Waals surface area contributed by atoms with E-state index in [1.165, 1.54) is 24.2 Å². The van der Waals surface area contributed by atoms with Crippen LogP contribution in [-0.2, 0) is 6.54 Å². The van der Waals surface area contributed by atoms with E-state index >= 15 is 0 Å². The van der Waals surface area contributed by atoms with Gasteiger partial charge < -0.3 is 19.7 Å². The maximum absolute atomic E-state index is 12.7. The van der Waals surface area contributed by atoms with Crippen molar-refractivity contribution in [2.24, 2.45) is 0 Å². The van der Waals surface area contributed by atoms with Crippen LogP contribution in [0, 0.1) is 0 Å². The van der Waals surface area contributed by atoms with E-state index in [1.54, 1.807) is 13.3 Å². The number of fused-ring (bicyclic) bond motifs is 2. The first kappa shape index (κ1) is 18.9. The van der Waals surface area contributed by atoms with Crippen molar-refractivity contribution < 1.29 is 14.3 Å². The SMILES string of the molecule is COc1cccc2c1Oc1ncccc1N(c1ccc(C(=O)NC3CCCC3)s1)C2. The Morgan fingerprint density at radius 3 is 2.90 bits per heavy atom. The van der Waals surface area contributed by atoms with Crippen LogP contribution in [0.15, 0.2) is 48.7 Å². The van der Waals surface area contributed by atoms with Crippen LogP contribution in [0.1, 0.15) is 40.9 Å². The smallest absolute Gasteiger partial charge is 0.261 e. The molecule has 3 aromatic rings. The third-order valence-corrected chi connectivity index (χ3v) is 6.73. The fourth-order valence-electron chi connectivity index (χ4n) is 4.10. The number of methoxy groups -OCH3 is 1. The summed E-state index contributed by atoms with van der Waals surface area (Å²) in [5.74, 6) is 1.88. The Morgan fingerprint density at radius 2 is 2.07 bits per heavy atom. The summed E-state index contributed by atoms with van der Waals surface area (Å²) in [6.07, 6.45) is 6.25. The molecule has 0 unspecified atom stereocenters. The summed E-state index contributed by atoms with van der Waals surface area (Å²) in [7, 11) is 1.63. The number of nitrogens with zero attached hydrogens (tertiary/aromatic N) is 2. The summed E-state index contributed by atoms with van der Waals surface area (Å²) in [4.78, 5) is 20.0. The van der Waals surface area contributed by atoms with E-state index in [4.69, 9.17) is 9.47 Å². The summed E-state index contributed by atoms with van der Waals surface area (Å²) in [5.41, 5.74) is 1.86. The number of ether oxygens (including phenoxy) is 2. The van der Waals surface area contributed by atoms with Crippen molar-refractivity contribution in [1.29, 1.82) is 0 Å². The first-order chi connectivity index (χ1) is 14.7. The predicted molar refractivity (Wildman–Crippen MR) is 117 cm³/mol. The van der Waals surface area contributed by atoms with Gasteiger partial charge in [-0.3, -0.25) is 4.79 Å². The van der Waals surface area contributed by atoms with Crippen LogP contribution < -0.4 is 19.7 Å². The number of hydrogen-bond acceptors (Lipinski definition) is 6. The van der Waals surface area contributed by atoms with Crippen LogP contribution in [-0.4, -0.2) is 24.0 Å². The number of carbonyl (C=O) groups excluding carboxylic acids is 1. The number of pyridine rings is 1. The van der Waals surface area contributed by atoms with Gasteiger partial charge in [-0.25, -0.2) is 4.98 Å². The Morgan fingerprint density at radius 1 is 1.20 bits per heavy atom. The van der Waals surface area contributed by atoms with Crippen molar-refractivity contribution in [3.63, 3.8) is 0 Å². The Hall–Kier alpha value is -3.06. The Kier molecular flexibility index (Phi) is 5.04. The van der Waals surface area contributed by atoms with Crippen molar-refractivity contribution in [2.75, 3.05) is 12.0 Å². The van der Waals surface area contributed by atoms with Crippen LogP contribution in [0.4, 0.5) is 10.7 Å². The van der Waals surface area contributed by atoms with Gasteiger partial charge in [-0.2, -0.15) is 0 Å². The molecule has 2 aliphatic rings. The molecule has 30 heavy (non-hydrogen) atoms. The van der Waals surface area contributed by atoms with Gasteiger partial charge in [0.05, 0.1) is 23.5 Å². The standard InChI is InChI=1S/C23H23N3O3S/c1-28-18-10-4-6-15-14-26(17-9-5-13-24-23(17)29-21(15)18)20-12-11-19(30-20)22(27)25-16-7-2-3-8-16/h4-6,9-13,16H,2-3,7-8,14H2,1H3,(H,25,27). The molecule has 1 N–H and O–H groups in total. The van der Waals surface area contributed by atoms with Gasteiger partial charge in [0, 0.05) is 17.8 Å². The summed E-state index contributed by atoms with van der Waals surface area (Å²) < 4.78 is 11.7. The highest BCUT2D eigenvalue weighted by molar-refractivity contribution is 7.18. The lowest BCUT2D eigenvalue weighted by atomic mass is 10.1. The van der Waals surface area contributed by atoms with Crippen molar-refractivity contribution >= 4 is 27.9 Å². The van der Waals surface area contributed by atoms with Gasteiger partial charge in [0.15, 0.2) is 11.5 Å². The first-order valence-electron chi connectivity index (χ1n) is 10.2. The zero-order valence-electron chi connectivity index (χ0n) is 16.8. The fraction of sp³-hybridized carbons (Fsp3) is 0.304. The third kappa shape index (κ3) is 3.50. The lowest BCUT2D eigenvalue weighted by Crippen LogP contribution is -2.31. The summed E-state index contributed by atoms with van der Waals surface area (Å²) >= 11 is 1.49. The van der Waals surface area contributed by atoms with Crippen LogP contribution in [0.3, 0.4) is 0 Å². The van der Waals surface area contributed by atoms with Crippen molar-refractivity contribution in [1.82, 2.24) is 10.3 Å². The molecular weight excluding hydrogens is 398 g/mol. The number of nitrogens with one attached hydrogen (secondary N) is 1. The van der Waals surface area contributed by atoms with E-state index in [2.05, 4.69) is 15.2 Å². The van der Waals surface area contributed by atoms with Crippen LogP contribution in [0.2, 0.25) is 0 Å². The molecule has 1 amide bonds. The molecule has 1 saturated carbocycles. The van der Waals surface area contributed by atoms with Gasteiger partial charge >= 0.3 is 0 Å². The largest absolute Gasteiger partial charge is 0.493 e. The van der Waals surface area contributed by atoms with Gasteiger partial charge in [0.2, 0.25) is 5.88 Å². The second-order valence-corrected chi connectivity index (χ2v) is 8.62. The quantitative estimate of drug-likeness (QED) is 0.622. The molecule has 154 valence electrons. The molecule has 5 rings (SSSR count). The van der Waals surface area contributed by atoms with Gasteiger partial charge in [-0.05, 0) is 43.2 Å². The Bertz CT molecular complexity index is 1080. The highest BCUT2D eigenvalue weighted by atomic mass is 32.1. The van der Waals surface area contributed by atoms with Crippen molar-refractivity contribution in [2.45, 2.75) is 38.3 Å². The van der Waals surface area contributed by atoms with Gasteiger partial charge in [-0.15, -0.1) is 11.3 Å². The number of anilines is 2. The molecule has 1 aliphatic heterocycles. The highest BCUT2D eigenvalue weighted by Crippen LogP contribution is 2.46. The van der Waals surface area contributed by atoms with E-state index in [-0.39, 0.29) is 5.91 Å². The van der Waals surface area contributed by atoms with E-state index in [0.717, 1.165) is 34.0 Å². The average Bonchev–Trinajstić information content (AvgIpc) is 3.43. The topological polar surface area (TPSA) is 63.7 Å². The van der Waals surface area contributed by atoms with Gasteiger partial charge in [0.1, 0.15) is 5.69 Å². The summed E-state index contributed by atoms with van der Waals surface area (Å²) in [6, 6.07) is 13.9. The molecule has 1 fully saturated rings. The van der Waals surface area contributed by atoms with E-state index in [0.29, 0.717) is 30.0 Å². The number of amides is 1. The maximum atomic E-state index is 12.7. The molecule has 7 heteroatoms. The summed E-state index contributed by atoms with van der Waals surface area (Å²) in [6.45, 7) is 0.593. The van der Waals surface area contributed by atoms with E-state index in [1.807, 2.05) is 42.5 Å². The molecule has 2 aromatic heterocycles. The zero-order chi connectivity index (χ0) is 20.5. The molecule has 0 radical (unpaired) electrons. The molecule has 1 aliphatic carbocycles. The monoisotopic (exact) mass is 421 g/mol. The van der Waals surface area contributed by atoms with Gasteiger partial charge in [0.25, 0.3) is 5.91 Å². The lowest BCUT2D eigenvalue weighted by Gasteiger charge is -2.21. The third-order valence-electron chi connectivity index (χ3n) is 5.62. The van der Waals surface area contributed by atoms with Crippen LogP contribution in [0.5, 0.6) is 17.4 Å². The minimum absolute atomic E-state index is 0.0118. The molecule has 1 aromatic carbocycles. The second-order valence-electron chi connectivity index (χ2n) is 7.56. The maximum Gasteiger partial charge on any atom is 0.261 e. The van der Waals surface area contributed by atoms with E-state index in [9.17, 15) is 4.79 Å². The van der Waals surface area contributed by atoms with Crippen LogP contribution >= 0.6 is 11.3 Å². The molecule has 0 saturated heterocycles. The molecule has 0 bridgehead atoms. The number of thiophene rings is 1. The highest BCUT2D eigenvalue weighted by Gasteiger charge is 2.27. The van der Waals surface area contributed by atoms with Crippen molar-refractivity contribution in [3.05, 3.63) is 59.1 Å². The lowest BCUT2D eigenvalue weighted by molar-refractivity contribution is 0.0942. The number of carbonyl (C=O) groups is 1. The minimum atomic E-state index is 0.0118. The normalized spacial score (nSPS) is 15.7.